The molecule has 2 heterocycles. The molecule has 3 rings (SSSR count). The van der Waals surface area contributed by atoms with Crippen LogP contribution in [0.4, 0.5) is 0 Å². The number of nitrogens with one attached hydrogen (secondary N) is 2. The highest BCUT2D eigenvalue weighted by molar-refractivity contribution is 14.0. The quantitative estimate of drug-likeness (QED) is 0.290. The molecule has 0 bridgehead atoms. The van der Waals surface area contributed by atoms with Crippen molar-refractivity contribution in [3.8, 4) is 0 Å². The molecule has 0 saturated carbocycles. The van der Waals surface area contributed by atoms with Crippen LogP contribution in [0, 0.1) is 0 Å². The highest BCUT2D eigenvalue weighted by Gasteiger charge is 2.17. The summed E-state index contributed by atoms with van der Waals surface area (Å²) in [5.74, 6) is 0.889. The Morgan fingerprint density at radius 3 is 2.44 bits per heavy atom. The lowest BCUT2D eigenvalue weighted by Gasteiger charge is -2.32. The Labute approximate surface area is 212 Å². The van der Waals surface area contributed by atoms with Crippen molar-refractivity contribution in [1.82, 2.24) is 25.3 Å². The predicted octanol–water partition coefficient (Wildman–Crippen LogP) is 2.22. The van der Waals surface area contributed by atoms with E-state index < -0.39 is 0 Å². The minimum atomic E-state index is 0. The number of aliphatic imine (C=N–C) groups is 1. The molecule has 0 spiro atoms. The molecule has 0 amide bonds. The van der Waals surface area contributed by atoms with Crippen molar-refractivity contribution in [3.63, 3.8) is 0 Å². The zero-order valence-corrected chi connectivity index (χ0v) is 22.5. The van der Waals surface area contributed by atoms with E-state index in [0.717, 1.165) is 65.0 Å². The summed E-state index contributed by atoms with van der Waals surface area (Å²) < 4.78 is 5.46. The Morgan fingerprint density at radius 1 is 1.00 bits per heavy atom. The molecule has 0 radical (unpaired) electrons. The lowest BCUT2D eigenvalue weighted by Crippen LogP contribution is -2.49. The number of likely N-dealkylation sites (N-methyl/N-ethyl adjacent to an activating group) is 1. The average molecular weight is 559 g/mol. The molecule has 2 aliphatic heterocycles. The number of rotatable bonds is 8. The van der Waals surface area contributed by atoms with E-state index in [1.807, 2.05) is 0 Å². The minimum absolute atomic E-state index is 0. The maximum absolute atomic E-state index is 5.46. The van der Waals surface area contributed by atoms with E-state index in [4.69, 9.17) is 9.73 Å². The largest absolute Gasteiger partial charge is 0.379 e. The van der Waals surface area contributed by atoms with Gasteiger partial charge in [0, 0.05) is 51.9 Å². The van der Waals surface area contributed by atoms with Crippen LogP contribution in [0.3, 0.4) is 0 Å². The number of halogens is 1. The zero-order chi connectivity index (χ0) is 21.9. The summed E-state index contributed by atoms with van der Waals surface area (Å²) in [6.45, 7) is 16.3. The van der Waals surface area contributed by atoms with E-state index in [9.17, 15) is 0 Å². The molecular formula is C24H43IN6O. The maximum Gasteiger partial charge on any atom is 0.191 e. The van der Waals surface area contributed by atoms with E-state index in [2.05, 4.69) is 70.5 Å². The van der Waals surface area contributed by atoms with Crippen molar-refractivity contribution in [1.29, 1.82) is 0 Å². The fourth-order valence-corrected chi connectivity index (χ4v) is 4.17. The molecule has 182 valence electrons. The third kappa shape index (κ3) is 9.51. The van der Waals surface area contributed by atoms with Crippen LogP contribution in [-0.4, -0.2) is 99.3 Å². The number of morpholine rings is 1. The molecule has 1 aromatic carbocycles. The summed E-state index contributed by atoms with van der Waals surface area (Å²) in [5, 5.41) is 6.88. The fraction of sp³-hybridized carbons (Fsp3) is 0.708. The second kappa shape index (κ2) is 15.1. The number of hydrogen-bond donors (Lipinski definition) is 2. The topological polar surface area (TPSA) is 55.4 Å². The van der Waals surface area contributed by atoms with Gasteiger partial charge < -0.3 is 20.3 Å². The normalized spacial score (nSPS) is 20.3. The first-order chi connectivity index (χ1) is 15.1. The molecular weight excluding hydrogens is 515 g/mol. The van der Waals surface area contributed by atoms with Crippen LogP contribution in [-0.2, 0) is 17.8 Å². The summed E-state index contributed by atoms with van der Waals surface area (Å²) in [4.78, 5) is 12.3. The summed E-state index contributed by atoms with van der Waals surface area (Å²) in [6.07, 6.45) is 1.26. The van der Waals surface area contributed by atoms with Crippen molar-refractivity contribution >= 4 is 29.9 Å². The fourth-order valence-electron chi connectivity index (χ4n) is 4.17. The van der Waals surface area contributed by atoms with Crippen LogP contribution in [0.15, 0.2) is 29.3 Å². The summed E-state index contributed by atoms with van der Waals surface area (Å²) >= 11 is 0. The third-order valence-electron chi connectivity index (χ3n) is 6.24. The monoisotopic (exact) mass is 558 g/mol. The van der Waals surface area contributed by atoms with Gasteiger partial charge in [0.25, 0.3) is 0 Å². The van der Waals surface area contributed by atoms with Gasteiger partial charge in [0.2, 0.25) is 0 Å². The summed E-state index contributed by atoms with van der Waals surface area (Å²) in [7, 11) is 2.22. The Kier molecular flexibility index (Phi) is 12.8. The van der Waals surface area contributed by atoms with Crippen LogP contribution in [0.2, 0.25) is 0 Å². The molecule has 1 aromatic rings. The van der Waals surface area contributed by atoms with E-state index >= 15 is 0 Å². The van der Waals surface area contributed by atoms with E-state index in [1.165, 1.54) is 30.6 Å². The van der Waals surface area contributed by atoms with Crippen LogP contribution < -0.4 is 10.6 Å². The predicted molar refractivity (Wildman–Crippen MR) is 144 cm³/mol. The molecule has 0 aromatic heterocycles. The van der Waals surface area contributed by atoms with Crippen LogP contribution in [0.25, 0.3) is 0 Å². The number of guanidine groups is 1. The van der Waals surface area contributed by atoms with Crippen molar-refractivity contribution in [2.75, 3.05) is 72.6 Å². The minimum Gasteiger partial charge on any atom is -0.379 e. The van der Waals surface area contributed by atoms with Crippen LogP contribution in [0.5, 0.6) is 0 Å². The van der Waals surface area contributed by atoms with Gasteiger partial charge in [-0.2, -0.15) is 0 Å². The maximum atomic E-state index is 5.46. The molecule has 2 fully saturated rings. The van der Waals surface area contributed by atoms with Gasteiger partial charge in [-0.15, -0.1) is 24.0 Å². The molecule has 7 nitrogen and oxygen atoms in total. The van der Waals surface area contributed by atoms with Crippen LogP contribution >= 0.6 is 24.0 Å². The van der Waals surface area contributed by atoms with Gasteiger partial charge in [-0.05, 0) is 51.5 Å². The lowest BCUT2D eigenvalue weighted by molar-refractivity contribution is 0.0211. The first-order valence-corrected chi connectivity index (χ1v) is 12.0. The summed E-state index contributed by atoms with van der Waals surface area (Å²) in [5.41, 5.74) is 2.64. The molecule has 32 heavy (non-hydrogen) atoms. The molecule has 2 saturated heterocycles. The van der Waals surface area contributed by atoms with Gasteiger partial charge in [-0.1, -0.05) is 24.3 Å². The van der Waals surface area contributed by atoms with Gasteiger partial charge >= 0.3 is 0 Å². The number of benzene rings is 1. The average Bonchev–Trinajstić information content (AvgIpc) is 3.01. The second-order valence-electron chi connectivity index (χ2n) is 8.82. The third-order valence-corrected chi connectivity index (χ3v) is 6.24. The van der Waals surface area contributed by atoms with E-state index in [0.29, 0.717) is 12.6 Å². The lowest BCUT2D eigenvalue weighted by atomic mass is 10.1. The Balaban J connectivity index is 0.00000363. The molecule has 2 aliphatic rings. The van der Waals surface area contributed by atoms with Gasteiger partial charge in [0.1, 0.15) is 0 Å². The molecule has 1 atom stereocenters. The van der Waals surface area contributed by atoms with Gasteiger partial charge in [-0.25, -0.2) is 4.99 Å². The van der Waals surface area contributed by atoms with Gasteiger partial charge in [-0.3, -0.25) is 9.80 Å². The van der Waals surface area contributed by atoms with Gasteiger partial charge in [0.05, 0.1) is 19.8 Å². The van der Waals surface area contributed by atoms with Crippen molar-refractivity contribution < 1.29 is 4.74 Å². The highest BCUT2D eigenvalue weighted by Crippen LogP contribution is 2.11. The van der Waals surface area contributed by atoms with Crippen molar-refractivity contribution in [2.45, 2.75) is 39.4 Å². The number of nitrogens with zero attached hydrogens (tertiary/aromatic N) is 4. The zero-order valence-electron chi connectivity index (χ0n) is 20.2. The summed E-state index contributed by atoms with van der Waals surface area (Å²) in [6, 6.07) is 9.44. The standard InChI is InChI=1S/C24H42N6O.HI/c1-4-25-24(26-18-21(2)30-14-16-31-17-15-30)27-19-22-6-8-23(9-7-22)20-29-11-5-10-28(3)12-13-29;/h6-9,21H,4-5,10-20H2,1-3H3,(H2,25,26,27);1H. The smallest absolute Gasteiger partial charge is 0.191 e. The Bertz CT molecular complexity index is 665. The first kappa shape index (κ1) is 27.3. The first-order valence-electron chi connectivity index (χ1n) is 12.0. The van der Waals surface area contributed by atoms with Crippen molar-refractivity contribution in [2.24, 2.45) is 4.99 Å². The molecule has 8 heteroatoms. The van der Waals surface area contributed by atoms with Gasteiger partial charge in [0.15, 0.2) is 5.96 Å². The van der Waals surface area contributed by atoms with Crippen LogP contribution in [0.1, 0.15) is 31.4 Å². The number of hydrogen-bond acceptors (Lipinski definition) is 5. The highest BCUT2D eigenvalue weighted by atomic mass is 127. The van der Waals surface area contributed by atoms with E-state index in [-0.39, 0.29) is 24.0 Å². The Hall–Kier alpha value is -0.940. The molecule has 0 aliphatic carbocycles. The molecule has 2 N–H and O–H groups in total. The molecule has 1 unspecified atom stereocenters. The van der Waals surface area contributed by atoms with E-state index in [1.54, 1.807) is 0 Å². The Morgan fingerprint density at radius 2 is 1.72 bits per heavy atom. The second-order valence-corrected chi connectivity index (χ2v) is 8.82. The SMILES string of the molecule is CCNC(=NCc1ccc(CN2CCCN(C)CC2)cc1)NCC(C)N1CCOCC1.I. The number of ether oxygens (including phenoxy) is 1. The van der Waals surface area contributed by atoms with Crippen molar-refractivity contribution in [3.05, 3.63) is 35.4 Å².